The first-order valence-corrected chi connectivity index (χ1v) is 6.95. The van der Waals surface area contributed by atoms with Crippen molar-refractivity contribution >= 4 is 17.7 Å². The van der Waals surface area contributed by atoms with Gasteiger partial charge in [0.1, 0.15) is 5.82 Å². The Balaban J connectivity index is 1.87. The van der Waals surface area contributed by atoms with Crippen LogP contribution in [0.15, 0.2) is 42.7 Å². The number of aromatic nitrogens is 2. The molecular weight excluding hydrogens is 283 g/mol. The normalized spacial score (nSPS) is 11.3. The van der Waals surface area contributed by atoms with E-state index in [4.69, 9.17) is 0 Å². The summed E-state index contributed by atoms with van der Waals surface area (Å²) in [6, 6.07) is 5.93. The lowest BCUT2D eigenvalue weighted by Gasteiger charge is -2.08. The van der Waals surface area contributed by atoms with Crippen LogP contribution in [0.5, 0.6) is 0 Å². The molecule has 1 N–H and O–H groups in total. The summed E-state index contributed by atoms with van der Waals surface area (Å²) in [7, 11) is 3.98. The topological polar surface area (TPSA) is 50.2 Å². The predicted molar refractivity (Wildman–Crippen MR) is 84.8 cm³/mol. The van der Waals surface area contributed by atoms with Crippen molar-refractivity contribution in [2.24, 2.45) is 0 Å². The molecule has 116 valence electrons. The summed E-state index contributed by atoms with van der Waals surface area (Å²) in [5.41, 5.74) is 1.41. The van der Waals surface area contributed by atoms with Gasteiger partial charge in [-0.3, -0.25) is 9.48 Å². The number of halogens is 1. The molecule has 22 heavy (non-hydrogen) atoms. The van der Waals surface area contributed by atoms with E-state index < -0.39 is 0 Å². The van der Waals surface area contributed by atoms with E-state index >= 15 is 0 Å². The number of nitrogens with zero attached hydrogens (tertiary/aromatic N) is 3. The highest BCUT2D eigenvalue weighted by Crippen LogP contribution is 2.07. The second-order valence-electron chi connectivity index (χ2n) is 5.17. The molecule has 1 heterocycles. The highest BCUT2D eigenvalue weighted by atomic mass is 19.1. The fraction of sp³-hybridized carbons (Fsp3) is 0.250. The van der Waals surface area contributed by atoms with Crippen molar-refractivity contribution in [2.75, 3.05) is 26.0 Å². The zero-order chi connectivity index (χ0) is 15.9. The highest BCUT2D eigenvalue weighted by molar-refractivity contribution is 6.01. The number of carbonyl (C=O) groups excluding carboxylic acids is 1. The van der Waals surface area contributed by atoms with Gasteiger partial charge in [-0.05, 0) is 37.9 Å². The van der Waals surface area contributed by atoms with E-state index in [1.54, 1.807) is 35.3 Å². The average Bonchev–Trinajstić information content (AvgIpc) is 2.92. The maximum absolute atomic E-state index is 12.8. The predicted octanol–water partition coefficient (Wildman–Crippen LogP) is 2.24. The van der Waals surface area contributed by atoms with Gasteiger partial charge in [0.25, 0.3) is 0 Å². The third kappa shape index (κ3) is 5.14. The van der Waals surface area contributed by atoms with Crippen LogP contribution in [0.25, 0.3) is 6.08 Å². The third-order valence-corrected chi connectivity index (χ3v) is 2.97. The first-order chi connectivity index (χ1) is 10.5. The van der Waals surface area contributed by atoms with E-state index in [9.17, 15) is 9.18 Å². The van der Waals surface area contributed by atoms with Crippen molar-refractivity contribution < 1.29 is 9.18 Å². The van der Waals surface area contributed by atoms with Crippen molar-refractivity contribution in [1.29, 1.82) is 0 Å². The Morgan fingerprint density at radius 2 is 2.09 bits per heavy atom. The minimum absolute atomic E-state index is 0.253. The molecule has 2 aromatic rings. The van der Waals surface area contributed by atoms with Crippen LogP contribution in [0, 0.1) is 5.82 Å². The Hall–Kier alpha value is -2.47. The summed E-state index contributed by atoms with van der Waals surface area (Å²) in [4.78, 5) is 13.9. The van der Waals surface area contributed by atoms with Gasteiger partial charge in [0.05, 0.1) is 18.4 Å². The zero-order valence-electron chi connectivity index (χ0n) is 12.7. The Morgan fingerprint density at radius 1 is 1.36 bits per heavy atom. The molecule has 0 saturated carbocycles. The summed E-state index contributed by atoms with van der Waals surface area (Å²) in [6.07, 6.45) is 6.43. The SMILES string of the molecule is CN(C)CCn1cc(NC(=O)/C=C/c2ccc(F)cc2)cn1. The van der Waals surface area contributed by atoms with Crippen molar-refractivity contribution in [2.45, 2.75) is 6.54 Å². The molecule has 0 aliphatic heterocycles. The van der Waals surface area contributed by atoms with Crippen LogP contribution < -0.4 is 5.32 Å². The summed E-state index contributed by atoms with van der Waals surface area (Å²) < 4.78 is 14.5. The molecule has 0 atom stereocenters. The van der Waals surface area contributed by atoms with Crippen LogP contribution in [-0.4, -0.2) is 41.2 Å². The van der Waals surface area contributed by atoms with Crippen LogP contribution >= 0.6 is 0 Å². The molecular formula is C16H19FN4O. The van der Waals surface area contributed by atoms with Gasteiger partial charge in [-0.2, -0.15) is 5.10 Å². The van der Waals surface area contributed by atoms with Crippen molar-refractivity contribution in [3.8, 4) is 0 Å². The second kappa shape index (κ2) is 7.51. The van der Waals surface area contributed by atoms with Gasteiger partial charge in [-0.1, -0.05) is 12.1 Å². The van der Waals surface area contributed by atoms with E-state index in [0.29, 0.717) is 5.69 Å². The molecule has 1 amide bonds. The van der Waals surface area contributed by atoms with Crippen LogP contribution in [0.3, 0.4) is 0 Å². The molecule has 5 nitrogen and oxygen atoms in total. The molecule has 1 aromatic heterocycles. The molecule has 0 spiro atoms. The number of anilines is 1. The van der Waals surface area contributed by atoms with E-state index in [1.165, 1.54) is 18.2 Å². The molecule has 0 aliphatic carbocycles. The summed E-state index contributed by atoms with van der Waals surface area (Å²) >= 11 is 0. The van der Waals surface area contributed by atoms with Crippen molar-refractivity contribution in [3.05, 3.63) is 54.1 Å². The number of amides is 1. The van der Waals surface area contributed by atoms with Crippen molar-refractivity contribution in [3.63, 3.8) is 0 Å². The molecule has 6 heteroatoms. The molecule has 2 rings (SSSR count). The smallest absolute Gasteiger partial charge is 0.248 e. The van der Waals surface area contributed by atoms with E-state index in [0.717, 1.165) is 18.7 Å². The molecule has 0 fully saturated rings. The van der Waals surface area contributed by atoms with Crippen LogP contribution in [0.4, 0.5) is 10.1 Å². The molecule has 0 saturated heterocycles. The molecule has 0 radical (unpaired) electrons. The van der Waals surface area contributed by atoms with Gasteiger partial charge >= 0.3 is 0 Å². The molecule has 0 aliphatic rings. The van der Waals surface area contributed by atoms with Crippen LogP contribution in [0.1, 0.15) is 5.56 Å². The fourth-order valence-corrected chi connectivity index (χ4v) is 1.78. The zero-order valence-corrected chi connectivity index (χ0v) is 12.7. The minimum atomic E-state index is -0.299. The Labute approximate surface area is 129 Å². The van der Waals surface area contributed by atoms with Gasteiger partial charge in [0, 0.05) is 18.8 Å². The van der Waals surface area contributed by atoms with E-state index in [2.05, 4.69) is 15.3 Å². The molecule has 0 unspecified atom stereocenters. The lowest BCUT2D eigenvalue weighted by Crippen LogP contribution is -2.18. The van der Waals surface area contributed by atoms with E-state index in [-0.39, 0.29) is 11.7 Å². The molecule has 1 aromatic carbocycles. The average molecular weight is 302 g/mol. The van der Waals surface area contributed by atoms with Crippen LogP contribution in [0.2, 0.25) is 0 Å². The second-order valence-corrected chi connectivity index (χ2v) is 5.17. The summed E-state index contributed by atoms with van der Waals surface area (Å²) in [5.74, 6) is -0.553. The van der Waals surface area contributed by atoms with Crippen molar-refractivity contribution in [1.82, 2.24) is 14.7 Å². The van der Waals surface area contributed by atoms with E-state index in [1.807, 2.05) is 14.1 Å². The largest absolute Gasteiger partial charge is 0.320 e. The first kappa shape index (κ1) is 15.9. The Morgan fingerprint density at radius 3 is 2.77 bits per heavy atom. The summed E-state index contributed by atoms with van der Waals surface area (Å²) in [6.45, 7) is 1.63. The number of hydrogen-bond acceptors (Lipinski definition) is 3. The standard InChI is InChI=1S/C16H19FN4O/c1-20(2)9-10-21-12-15(11-18-21)19-16(22)8-5-13-3-6-14(17)7-4-13/h3-8,11-12H,9-10H2,1-2H3,(H,19,22)/b8-5+. The van der Waals surface area contributed by atoms with Gasteiger partial charge < -0.3 is 10.2 Å². The quantitative estimate of drug-likeness (QED) is 0.833. The number of rotatable bonds is 6. The number of hydrogen-bond donors (Lipinski definition) is 1. The lowest BCUT2D eigenvalue weighted by molar-refractivity contribution is -0.111. The number of benzene rings is 1. The minimum Gasteiger partial charge on any atom is -0.320 e. The Bertz CT molecular complexity index is 646. The fourth-order valence-electron chi connectivity index (χ4n) is 1.78. The number of carbonyl (C=O) groups is 1. The summed E-state index contributed by atoms with van der Waals surface area (Å²) in [5, 5.41) is 6.91. The first-order valence-electron chi connectivity index (χ1n) is 6.95. The van der Waals surface area contributed by atoms with Gasteiger partial charge in [-0.15, -0.1) is 0 Å². The third-order valence-electron chi connectivity index (χ3n) is 2.97. The maximum Gasteiger partial charge on any atom is 0.248 e. The Kier molecular flexibility index (Phi) is 5.43. The van der Waals surface area contributed by atoms with Crippen LogP contribution in [-0.2, 0) is 11.3 Å². The number of nitrogens with one attached hydrogen (secondary N) is 1. The maximum atomic E-state index is 12.8. The lowest BCUT2D eigenvalue weighted by atomic mass is 10.2. The van der Waals surface area contributed by atoms with Gasteiger partial charge in [0.15, 0.2) is 0 Å². The molecule has 0 bridgehead atoms. The number of likely N-dealkylation sites (N-methyl/N-ethyl adjacent to an activating group) is 1. The highest BCUT2D eigenvalue weighted by Gasteiger charge is 2.02. The van der Waals surface area contributed by atoms with Gasteiger partial charge in [-0.25, -0.2) is 4.39 Å². The monoisotopic (exact) mass is 302 g/mol. The van der Waals surface area contributed by atoms with Gasteiger partial charge in [0.2, 0.25) is 5.91 Å².